The van der Waals surface area contributed by atoms with Crippen molar-refractivity contribution in [1.82, 2.24) is 9.97 Å². The maximum atomic E-state index is 12.6. The molecule has 3 aromatic rings. The van der Waals surface area contributed by atoms with Gasteiger partial charge in [0.15, 0.2) is 5.13 Å². The molecule has 0 aliphatic carbocycles. The van der Waals surface area contributed by atoms with Crippen molar-refractivity contribution in [2.45, 2.75) is 38.3 Å². The van der Waals surface area contributed by atoms with Gasteiger partial charge in [0.2, 0.25) is 5.91 Å². The number of primary amides is 1. The van der Waals surface area contributed by atoms with Gasteiger partial charge in [0, 0.05) is 12.1 Å². The number of aliphatic hydroxyl groups is 1. The lowest BCUT2D eigenvalue weighted by molar-refractivity contribution is -0.119. The van der Waals surface area contributed by atoms with Crippen molar-refractivity contribution < 1.29 is 14.7 Å². The van der Waals surface area contributed by atoms with Crippen LogP contribution in [0.25, 0.3) is 10.3 Å². The predicted octanol–water partition coefficient (Wildman–Crippen LogP) is 2.63. The highest BCUT2D eigenvalue weighted by Gasteiger charge is 2.30. The first-order valence-corrected chi connectivity index (χ1v) is 10.5. The van der Waals surface area contributed by atoms with Crippen molar-refractivity contribution >= 4 is 44.4 Å². The molecule has 1 saturated heterocycles. The first-order valence-electron chi connectivity index (χ1n) is 9.70. The molecule has 3 heterocycles. The Morgan fingerprint density at radius 1 is 1.20 bits per heavy atom. The van der Waals surface area contributed by atoms with Crippen molar-refractivity contribution in [1.29, 1.82) is 0 Å². The van der Waals surface area contributed by atoms with Gasteiger partial charge in [-0.1, -0.05) is 23.5 Å². The van der Waals surface area contributed by atoms with E-state index in [4.69, 9.17) is 5.73 Å². The molecule has 1 aromatic carbocycles. The molecule has 1 fully saturated rings. The minimum Gasteiger partial charge on any atom is -0.386 e. The minimum absolute atomic E-state index is 0.287. The summed E-state index contributed by atoms with van der Waals surface area (Å²) in [4.78, 5) is 35.9. The molecule has 2 amide bonds. The maximum absolute atomic E-state index is 12.6. The highest BCUT2D eigenvalue weighted by Crippen LogP contribution is 2.30. The lowest BCUT2D eigenvalue weighted by Crippen LogP contribution is -2.40. The van der Waals surface area contributed by atoms with E-state index in [-0.39, 0.29) is 17.9 Å². The van der Waals surface area contributed by atoms with E-state index < -0.39 is 5.60 Å². The SMILES string of the molecule is CC(C)(O)c1ccc(C(=O)Nc2nc3ccc(N4CCC[C@H]4C(N)=O)nc3s2)cc1. The van der Waals surface area contributed by atoms with E-state index >= 15 is 0 Å². The molecule has 30 heavy (non-hydrogen) atoms. The van der Waals surface area contributed by atoms with Crippen LogP contribution in [0.2, 0.25) is 0 Å². The third-order valence-corrected chi connectivity index (χ3v) is 6.07. The predicted molar refractivity (Wildman–Crippen MR) is 117 cm³/mol. The molecular weight excluding hydrogens is 402 g/mol. The maximum Gasteiger partial charge on any atom is 0.257 e. The van der Waals surface area contributed by atoms with Crippen LogP contribution in [0.1, 0.15) is 42.6 Å². The molecule has 0 saturated carbocycles. The summed E-state index contributed by atoms with van der Waals surface area (Å²) in [5, 5.41) is 13.3. The summed E-state index contributed by atoms with van der Waals surface area (Å²) in [6, 6.07) is 10.1. The van der Waals surface area contributed by atoms with Crippen molar-refractivity contribution in [3.63, 3.8) is 0 Å². The molecule has 9 heteroatoms. The van der Waals surface area contributed by atoms with Crippen LogP contribution >= 0.6 is 11.3 Å². The fourth-order valence-electron chi connectivity index (χ4n) is 3.56. The van der Waals surface area contributed by atoms with Gasteiger partial charge >= 0.3 is 0 Å². The first kappa shape index (κ1) is 20.2. The van der Waals surface area contributed by atoms with Crippen LogP contribution in [-0.4, -0.2) is 39.5 Å². The number of nitrogens with two attached hydrogens (primary N) is 1. The van der Waals surface area contributed by atoms with Gasteiger partial charge in [-0.2, -0.15) is 0 Å². The largest absolute Gasteiger partial charge is 0.386 e. The van der Waals surface area contributed by atoms with E-state index in [1.165, 1.54) is 11.3 Å². The Hall–Kier alpha value is -3.04. The van der Waals surface area contributed by atoms with Gasteiger partial charge in [0.05, 0.1) is 5.60 Å². The number of thiazole rings is 1. The Kier molecular flexibility index (Phi) is 5.17. The molecule has 0 bridgehead atoms. The number of pyridine rings is 1. The summed E-state index contributed by atoms with van der Waals surface area (Å²) < 4.78 is 0. The zero-order chi connectivity index (χ0) is 21.5. The number of benzene rings is 1. The van der Waals surface area contributed by atoms with Gasteiger partial charge in [-0.05, 0) is 56.5 Å². The van der Waals surface area contributed by atoms with Gasteiger partial charge in [-0.25, -0.2) is 9.97 Å². The summed E-state index contributed by atoms with van der Waals surface area (Å²) in [5.41, 5.74) is 6.41. The normalized spacial score (nSPS) is 16.8. The number of hydrogen-bond acceptors (Lipinski definition) is 7. The monoisotopic (exact) mass is 425 g/mol. The molecule has 4 rings (SSSR count). The molecule has 0 spiro atoms. The van der Waals surface area contributed by atoms with Gasteiger partial charge in [-0.15, -0.1) is 0 Å². The number of hydrogen-bond donors (Lipinski definition) is 3. The highest BCUT2D eigenvalue weighted by molar-refractivity contribution is 7.22. The van der Waals surface area contributed by atoms with Crippen LogP contribution in [0.4, 0.5) is 10.9 Å². The second-order valence-corrected chi connectivity index (χ2v) is 8.83. The summed E-state index contributed by atoms with van der Waals surface area (Å²) in [7, 11) is 0. The number of carbonyl (C=O) groups is 2. The molecule has 2 aromatic heterocycles. The molecule has 1 aliphatic rings. The number of amides is 2. The number of anilines is 2. The van der Waals surface area contributed by atoms with Crippen LogP contribution in [0.5, 0.6) is 0 Å². The van der Waals surface area contributed by atoms with E-state index in [9.17, 15) is 14.7 Å². The van der Waals surface area contributed by atoms with Crippen LogP contribution < -0.4 is 16.0 Å². The van der Waals surface area contributed by atoms with Gasteiger partial charge in [0.1, 0.15) is 22.2 Å². The number of rotatable bonds is 5. The first-order chi connectivity index (χ1) is 14.2. The Bertz CT molecular complexity index is 1100. The van der Waals surface area contributed by atoms with Gasteiger partial charge in [-0.3, -0.25) is 14.9 Å². The molecule has 0 unspecified atom stereocenters. The number of aromatic nitrogens is 2. The number of nitrogens with zero attached hydrogens (tertiary/aromatic N) is 3. The van der Waals surface area contributed by atoms with Crippen LogP contribution in [0.15, 0.2) is 36.4 Å². The zero-order valence-corrected chi connectivity index (χ0v) is 17.6. The van der Waals surface area contributed by atoms with E-state index in [1.54, 1.807) is 38.1 Å². The van der Waals surface area contributed by atoms with E-state index in [0.29, 0.717) is 26.9 Å². The third-order valence-electron chi connectivity index (χ3n) is 5.19. The van der Waals surface area contributed by atoms with Crippen molar-refractivity contribution in [2.75, 3.05) is 16.8 Å². The summed E-state index contributed by atoms with van der Waals surface area (Å²) in [6.07, 6.45) is 1.62. The minimum atomic E-state index is -0.964. The van der Waals surface area contributed by atoms with E-state index in [2.05, 4.69) is 15.3 Å². The summed E-state index contributed by atoms with van der Waals surface area (Å²) in [5.74, 6) is 0.0553. The summed E-state index contributed by atoms with van der Waals surface area (Å²) in [6.45, 7) is 4.12. The van der Waals surface area contributed by atoms with E-state index in [1.807, 2.05) is 17.0 Å². The van der Waals surface area contributed by atoms with Crippen LogP contribution in [0.3, 0.4) is 0 Å². The second-order valence-electron chi connectivity index (χ2n) is 7.86. The Morgan fingerprint density at radius 3 is 2.60 bits per heavy atom. The molecule has 1 aliphatic heterocycles. The third kappa shape index (κ3) is 3.99. The average molecular weight is 426 g/mol. The van der Waals surface area contributed by atoms with Crippen LogP contribution in [0, 0.1) is 0 Å². The number of nitrogens with one attached hydrogen (secondary N) is 1. The molecule has 8 nitrogen and oxygen atoms in total. The van der Waals surface area contributed by atoms with Crippen molar-refractivity contribution in [3.05, 3.63) is 47.5 Å². The topological polar surface area (TPSA) is 121 Å². The Balaban J connectivity index is 1.52. The standard InChI is InChI=1S/C21H23N5O3S/c1-21(2,29)13-7-5-12(6-8-13)18(28)25-20-23-14-9-10-16(24-19(14)30-20)26-11-3-4-15(26)17(22)27/h5-10,15,29H,3-4,11H2,1-2H3,(H2,22,27)(H,23,25,28)/t15-/m0/s1. The summed E-state index contributed by atoms with van der Waals surface area (Å²) >= 11 is 1.27. The smallest absolute Gasteiger partial charge is 0.257 e. The van der Waals surface area contributed by atoms with Gasteiger partial charge in [0.25, 0.3) is 5.91 Å². The average Bonchev–Trinajstić information content (AvgIpc) is 3.33. The highest BCUT2D eigenvalue weighted by atomic mass is 32.1. The number of carbonyl (C=O) groups excluding carboxylic acids is 2. The van der Waals surface area contributed by atoms with Crippen molar-refractivity contribution in [3.8, 4) is 0 Å². The molecule has 4 N–H and O–H groups in total. The fraction of sp³-hybridized carbons (Fsp3) is 0.333. The van der Waals surface area contributed by atoms with E-state index in [0.717, 1.165) is 24.9 Å². The zero-order valence-electron chi connectivity index (χ0n) is 16.8. The van der Waals surface area contributed by atoms with Crippen molar-refractivity contribution in [2.24, 2.45) is 5.73 Å². The fourth-order valence-corrected chi connectivity index (χ4v) is 4.38. The Labute approximate surface area is 177 Å². The second kappa shape index (κ2) is 7.66. The Morgan fingerprint density at radius 2 is 1.93 bits per heavy atom. The molecule has 0 radical (unpaired) electrons. The molecular formula is C21H23N5O3S. The lowest BCUT2D eigenvalue weighted by atomic mass is 9.97. The number of fused-ring (bicyclic) bond motifs is 1. The van der Waals surface area contributed by atoms with Gasteiger partial charge < -0.3 is 15.7 Å². The lowest BCUT2D eigenvalue weighted by Gasteiger charge is -2.22. The molecule has 1 atom stereocenters. The molecule has 156 valence electrons. The van der Waals surface area contributed by atoms with Crippen LogP contribution in [-0.2, 0) is 10.4 Å². The quantitative estimate of drug-likeness (QED) is 0.578.